The normalized spacial score (nSPS) is 25.2. The molecule has 0 radical (unpaired) electrons. The molecule has 200 valence electrons. The van der Waals surface area contributed by atoms with Gasteiger partial charge in [-0.2, -0.15) is 0 Å². The van der Waals surface area contributed by atoms with Crippen LogP contribution in [0.1, 0.15) is 43.7 Å². The van der Waals surface area contributed by atoms with Crippen molar-refractivity contribution in [2.75, 3.05) is 50.5 Å². The molecular formula is C28H35ClN2O5S. The summed E-state index contributed by atoms with van der Waals surface area (Å²) >= 11 is 6.29. The Labute approximate surface area is 224 Å². The summed E-state index contributed by atoms with van der Waals surface area (Å²) in [6, 6.07) is 13.1. The number of nitrogens with zero attached hydrogens (tertiary/aromatic N) is 2. The van der Waals surface area contributed by atoms with Gasteiger partial charge in [0.25, 0.3) is 0 Å². The van der Waals surface area contributed by atoms with E-state index in [2.05, 4.69) is 11.8 Å². The Balaban J connectivity index is 1.18. The SMILES string of the molecule is CC1CC(c2ccc(OCCN3CCC4(CC3)C(=O)N(CCO)c3ccc(Cl)cc34)cc2)(S(C)(=O)=O)C1. The molecule has 2 aromatic rings. The largest absolute Gasteiger partial charge is 0.492 e. The number of piperidine rings is 1. The number of benzene rings is 2. The molecule has 3 aliphatic rings. The molecule has 0 bridgehead atoms. The number of hydrogen-bond acceptors (Lipinski definition) is 6. The molecule has 0 atom stereocenters. The molecular weight excluding hydrogens is 512 g/mol. The van der Waals surface area contributed by atoms with E-state index in [-0.39, 0.29) is 19.1 Å². The molecule has 37 heavy (non-hydrogen) atoms. The Hall–Kier alpha value is -2.13. The molecule has 9 heteroatoms. The molecule has 1 aliphatic carbocycles. The molecule has 0 unspecified atom stereocenters. The fraction of sp³-hybridized carbons (Fsp3) is 0.536. The van der Waals surface area contributed by atoms with Gasteiger partial charge in [-0.15, -0.1) is 0 Å². The molecule has 2 aromatic carbocycles. The van der Waals surface area contributed by atoms with Crippen molar-refractivity contribution in [3.05, 3.63) is 58.6 Å². The number of aliphatic hydroxyl groups excluding tert-OH is 1. The van der Waals surface area contributed by atoms with E-state index in [1.807, 2.05) is 36.4 Å². The molecule has 1 saturated heterocycles. The molecule has 7 nitrogen and oxygen atoms in total. The van der Waals surface area contributed by atoms with E-state index < -0.39 is 20.0 Å². The van der Waals surface area contributed by atoms with Crippen LogP contribution in [-0.2, 0) is 24.8 Å². The van der Waals surface area contributed by atoms with Crippen LogP contribution >= 0.6 is 11.6 Å². The van der Waals surface area contributed by atoms with Crippen LogP contribution in [0, 0.1) is 5.92 Å². The molecule has 5 rings (SSSR count). The van der Waals surface area contributed by atoms with Crippen LogP contribution in [-0.4, -0.2) is 70.0 Å². The molecule has 1 spiro atoms. The minimum atomic E-state index is -3.19. The molecule has 0 aromatic heterocycles. The standard InChI is InChI=1S/C28H35ClN2O5S/c1-20-18-28(19-20,37(2,34)35)21-3-6-23(7-4-21)36-16-14-30-11-9-27(10-12-30)24-17-22(29)5-8-25(24)31(13-15-32)26(27)33/h3-8,17,20,32H,9-16,18-19H2,1-2H3. The Kier molecular flexibility index (Phi) is 7.07. The van der Waals surface area contributed by atoms with E-state index in [0.717, 1.165) is 42.2 Å². The van der Waals surface area contributed by atoms with E-state index in [9.17, 15) is 18.3 Å². The van der Waals surface area contributed by atoms with E-state index in [0.29, 0.717) is 43.2 Å². The number of amides is 1. The molecule has 2 aliphatic heterocycles. The lowest BCUT2D eigenvalue weighted by molar-refractivity contribution is -0.125. The highest BCUT2D eigenvalue weighted by Gasteiger charge is 2.52. The zero-order valence-corrected chi connectivity index (χ0v) is 23.0. The van der Waals surface area contributed by atoms with Crippen LogP contribution < -0.4 is 9.64 Å². The zero-order valence-electron chi connectivity index (χ0n) is 21.5. The van der Waals surface area contributed by atoms with Gasteiger partial charge in [-0.3, -0.25) is 9.69 Å². The first-order valence-corrected chi connectivity index (χ1v) is 15.2. The lowest BCUT2D eigenvalue weighted by atomic mass is 9.71. The Morgan fingerprint density at radius 3 is 2.35 bits per heavy atom. The summed E-state index contributed by atoms with van der Waals surface area (Å²) in [5, 5.41) is 10.1. The fourth-order valence-electron chi connectivity index (χ4n) is 6.54. The highest BCUT2D eigenvalue weighted by Crippen LogP contribution is 2.51. The number of carbonyl (C=O) groups is 1. The van der Waals surface area contributed by atoms with Crippen molar-refractivity contribution >= 4 is 33.0 Å². The van der Waals surface area contributed by atoms with Crippen molar-refractivity contribution in [2.24, 2.45) is 5.92 Å². The van der Waals surface area contributed by atoms with Crippen molar-refractivity contribution in [2.45, 2.75) is 42.8 Å². The van der Waals surface area contributed by atoms with Gasteiger partial charge in [0.05, 0.1) is 16.8 Å². The van der Waals surface area contributed by atoms with E-state index >= 15 is 0 Å². The highest BCUT2D eigenvalue weighted by molar-refractivity contribution is 7.91. The predicted octanol–water partition coefficient (Wildman–Crippen LogP) is 3.76. The van der Waals surface area contributed by atoms with Crippen LogP contribution in [0.3, 0.4) is 0 Å². The highest BCUT2D eigenvalue weighted by atomic mass is 35.5. The number of hydrogen-bond donors (Lipinski definition) is 1. The maximum Gasteiger partial charge on any atom is 0.237 e. The number of fused-ring (bicyclic) bond motifs is 2. The van der Waals surface area contributed by atoms with Crippen LogP contribution in [0.5, 0.6) is 5.75 Å². The van der Waals surface area contributed by atoms with Crippen LogP contribution in [0.2, 0.25) is 5.02 Å². The molecule has 1 amide bonds. The van der Waals surface area contributed by atoms with Gasteiger partial charge in [-0.25, -0.2) is 8.42 Å². The predicted molar refractivity (Wildman–Crippen MR) is 145 cm³/mol. The zero-order chi connectivity index (χ0) is 26.4. The minimum absolute atomic E-state index is 0.0579. The maximum absolute atomic E-state index is 13.4. The number of aliphatic hydroxyl groups is 1. The third-order valence-corrected chi connectivity index (χ3v) is 10.8. The van der Waals surface area contributed by atoms with Gasteiger partial charge in [-0.05, 0) is 86.1 Å². The van der Waals surface area contributed by atoms with Gasteiger partial charge in [0.2, 0.25) is 5.91 Å². The number of anilines is 1. The van der Waals surface area contributed by atoms with Crippen LogP contribution in [0.4, 0.5) is 5.69 Å². The number of likely N-dealkylation sites (tertiary alicyclic amines) is 1. The smallest absolute Gasteiger partial charge is 0.237 e. The molecule has 2 heterocycles. The second kappa shape index (κ2) is 9.88. The lowest BCUT2D eigenvalue weighted by Crippen LogP contribution is -2.49. The van der Waals surface area contributed by atoms with Crippen molar-refractivity contribution in [1.82, 2.24) is 4.90 Å². The van der Waals surface area contributed by atoms with Crippen LogP contribution in [0.25, 0.3) is 0 Å². The monoisotopic (exact) mass is 546 g/mol. The number of ether oxygens (including phenoxy) is 1. The second-order valence-corrected chi connectivity index (χ2v) is 13.7. The fourth-order valence-corrected chi connectivity index (χ4v) is 8.45. The molecule has 1 N–H and O–H groups in total. The number of sulfone groups is 1. The lowest BCUT2D eigenvalue weighted by Gasteiger charge is -2.45. The summed E-state index contributed by atoms with van der Waals surface area (Å²) in [6.45, 7) is 5.07. The van der Waals surface area contributed by atoms with Crippen molar-refractivity contribution in [1.29, 1.82) is 0 Å². The average Bonchev–Trinajstić information content (AvgIpc) is 3.05. The van der Waals surface area contributed by atoms with Gasteiger partial charge in [0, 0.05) is 30.1 Å². The van der Waals surface area contributed by atoms with Crippen LogP contribution in [0.15, 0.2) is 42.5 Å². The molecule has 1 saturated carbocycles. The van der Waals surface area contributed by atoms with Gasteiger partial charge in [0.1, 0.15) is 12.4 Å². The summed E-state index contributed by atoms with van der Waals surface area (Å²) in [5.41, 5.74) is 2.09. The van der Waals surface area contributed by atoms with E-state index in [4.69, 9.17) is 16.3 Å². The van der Waals surface area contributed by atoms with E-state index in [1.54, 1.807) is 11.0 Å². The summed E-state index contributed by atoms with van der Waals surface area (Å²) in [7, 11) is -3.19. The summed E-state index contributed by atoms with van der Waals surface area (Å²) < 4.78 is 30.2. The van der Waals surface area contributed by atoms with Gasteiger partial charge in [0.15, 0.2) is 9.84 Å². The summed E-state index contributed by atoms with van der Waals surface area (Å²) in [5.74, 6) is 1.20. The Morgan fingerprint density at radius 2 is 1.76 bits per heavy atom. The van der Waals surface area contributed by atoms with Gasteiger partial charge >= 0.3 is 0 Å². The first-order chi connectivity index (χ1) is 17.6. The number of halogens is 1. The third kappa shape index (κ3) is 4.56. The quantitative estimate of drug-likeness (QED) is 0.542. The van der Waals surface area contributed by atoms with Gasteiger partial charge < -0.3 is 14.7 Å². The van der Waals surface area contributed by atoms with Crippen molar-refractivity contribution in [3.8, 4) is 5.75 Å². The topological polar surface area (TPSA) is 87.2 Å². The summed E-state index contributed by atoms with van der Waals surface area (Å²) in [6.07, 6.45) is 4.06. The Bertz CT molecular complexity index is 1270. The first kappa shape index (κ1) is 26.5. The number of rotatable bonds is 8. The Morgan fingerprint density at radius 1 is 1.08 bits per heavy atom. The molecule has 2 fully saturated rings. The second-order valence-electron chi connectivity index (χ2n) is 10.9. The maximum atomic E-state index is 13.4. The third-order valence-electron chi connectivity index (χ3n) is 8.58. The van der Waals surface area contributed by atoms with E-state index in [1.165, 1.54) is 6.26 Å². The van der Waals surface area contributed by atoms with Gasteiger partial charge in [-0.1, -0.05) is 30.7 Å². The summed E-state index contributed by atoms with van der Waals surface area (Å²) in [4.78, 5) is 17.4. The minimum Gasteiger partial charge on any atom is -0.492 e. The van der Waals surface area contributed by atoms with Crippen molar-refractivity contribution < 1.29 is 23.1 Å². The van der Waals surface area contributed by atoms with Crippen molar-refractivity contribution in [3.63, 3.8) is 0 Å². The number of carbonyl (C=O) groups excluding carboxylic acids is 1. The first-order valence-electron chi connectivity index (χ1n) is 13.0. The average molecular weight is 547 g/mol. The number of β-amino-alcohol motifs (C(OH)–C–C–N with tert-alkyl or cyclic N) is 1.